The van der Waals surface area contributed by atoms with Crippen LogP contribution < -0.4 is 4.90 Å². The molecule has 1 fully saturated rings. The minimum atomic E-state index is -4.43. The van der Waals surface area contributed by atoms with Gasteiger partial charge in [0, 0.05) is 32.6 Å². The molecule has 6 nitrogen and oxygen atoms in total. The van der Waals surface area contributed by atoms with E-state index in [0.29, 0.717) is 50.1 Å². The highest BCUT2D eigenvalue weighted by Crippen LogP contribution is 2.29. The summed E-state index contributed by atoms with van der Waals surface area (Å²) in [5.41, 5.74) is -0.862. The van der Waals surface area contributed by atoms with Crippen LogP contribution in [0.4, 0.5) is 19.0 Å². The van der Waals surface area contributed by atoms with Crippen LogP contribution in [0.25, 0.3) is 0 Å². The van der Waals surface area contributed by atoms with Crippen LogP contribution >= 0.6 is 0 Å². The van der Waals surface area contributed by atoms with E-state index in [1.165, 1.54) is 6.07 Å². The zero-order valence-electron chi connectivity index (χ0n) is 14.1. The molecule has 2 aromatic heterocycles. The van der Waals surface area contributed by atoms with Gasteiger partial charge in [-0.3, -0.25) is 4.90 Å². The molecule has 0 amide bonds. The summed E-state index contributed by atoms with van der Waals surface area (Å²) in [6.07, 6.45) is -3.72. The molecule has 0 bridgehead atoms. The molecule has 1 aliphatic rings. The molecule has 0 radical (unpaired) electrons. The van der Waals surface area contributed by atoms with Gasteiger partial charge in [-0.1, -0.05) is 18.1 Å². The van der Waals surface area contributed by atoms with Gasteiger partial charge in [0.1, 0.15) is 11.5 Å². The average Bonchev–Trinajstić information content (AvgIpc) is 3.10. The lowest BCUT2D eigenvalue weighted by atomic mass is 10.2. The molecule has 0 aromatic carbocycles. The molecular weight excluding hydrogens is 335 g/mol. The minimum Gasteiger partial charge on any atom is -0.354 e. The van der Waals surface area contributed by atoms with Gasteiger partial charge >= 0.3 is 6.18 Å². The van der Waals surface area contributed by atoms with Crippen molar-refractivity contribution < 1.29 is 17.7 Å². The van der Waals surface area contributed by atoms with Crippen LogP contribution in [-0.4, -0.2) is 46.2 Å². The quantitative estimate of drug-likeness (QED) is 0.841. The predicted octanol–water partition coefficient (Wildman–Crippen LogP) is 2.93. The maximum Gasteiger partial charge on any atom is 0.433 e. The van der Waals surface area contributed by atoms with Crippen molar-refractivity contribution in [2.24, 2.45) is 0 Å². The molecule has 0 N–H and O–H groups in total. The van der Waals surface area contributed by atoms with Crippen LogP contribution in [-0.2, 0) is 12.6 Å². The summed E-state index contributed by atoms with van der Waals surface area (Å²) in [4.78, 5) is 12.1. The topological polar surface area (TPSA) is 58.3 Å². The third-order valence-electron chi connectivity index (χ3n) is 4.37. The highest BCUT2D eigenvalue weighted by atomic mass is 19.4. The Bertz CT molecular complexity index is 710. The molecule has 136 valence electrons. The number of anilines is 1. The fraction of sp³-hybridized carbons (Fsp3) is 0.562. The second-order valence-electron chi connectivity index (χ2n) is 5.98. The summed E-state index contributed by atoms with van der Waals surface area (Å²) in [7, 11) is 0. The Labute approximate surface area is 143 Å². The van der Waals surface area contributed by atoms with Crippen molar-refractivity contribution in [3.8, 4) is 0 Å². The molecule has 1 unspecified atom stereocenters. The first-order valence-electron chi connectivity index (χ1n) is 8.24. The van der Waals surface area contributed by atoms with Crippen molar-refractivity contribution in [3.63, 3.8) is 0 Å². The highest BCUT2D eigenvalue weighted by Gasteiger charge is 2.33. The van der Waals surface area contributed by atoms with Crippen molar-refractivity contribution in [1.82, 2.24) is 20.0 Å². The van der Waals surface area contributed by atoms with Gasteiger partial charge in [0.05, 0.1) is 6.04 Å². The molecule has 1 aliphatic heterocycles. The fourth-order valence-electron chi connectivity index (χ4n) is 2.83. The summed E-state index contributed by atoms with van der Waals surface area (Å²) < 4.78 is 43.7. The Kier molecular flexibility index (Phi) is 4.94. The monoisotopic (exact) mass is 355 g/mol. The fourth-order valence-corrected chi connectivity index (χ4v) is 2.83. The van der Waals surface area contributed by atoms with E-state index in [9.17, 15) is 13.2 Å². The minimum absolute atomic E-state index is 0.0237. The Morgan fingerprint density at radius 2 is 1.88 bits per heavy atom. The Morgan fingerprint density at radius 3 is 2.48 bits per heavy atom. The Balaban J connectivity index is 1.64. The molecule has 3 rings (SSSR count). The first kappa shape index (κ1) is 17.7. The van der Waals surface area contributed by atoms with E-state index in [2.05, 4.69) is 20.0 Å². The SMILES string of the molecule is CCc1noc(C(C)N2CCN(c3cccc(C(F)(F)F)n3)CC2)n1. The van der Waals surface area contributed by atoms with E-state index in [1.807, 2.05) is 18.7 Å². The first-order valence-corrected chi connectivity index (χ1v) is 8.24. The van der Waals surface area contributed by atoms with Gasteiger partial charge in [0.2, 0.25) is 5.89 Å². The van der Waals surface area contributed by atoms with Gasteiger partial charge in [0.15, 0.2) is 5.82 Å². The van der Waals surface area contributed by atoms with Crippen molar-refractivity contribution >= 4 is 5.82 Å². The second kappa shape index (κ2) is 6.99. The lowest BCUT2D eigenvalue weighted by molar-refractivity contribution is -0.141. The number of halogens is 3. The molecule has 0 spiro atoms. The number of hydrogen-bond acceptors (Lipinski definition) is 6. The van der Waals surface area contributed by atoms with Crippen molar-refractivity contribution in [2.75, 3.05) is 31.1 Å². The maximum absolute atomic E-state index is 12.8. The van der Waals surface area contributed by atoms with Crippen molar-refractivity contribution in [1.29, 1.82) is 0 Å². The third kappa shape index (κ3) is 3.92. The van der Waals surface area contributed by atoms with Crippen molar-refractivity contribution in [2.45, 2.75) is 32.5 Å². The van der Waals surface area contributed by atoms with Gasteiger partial charge in [-0.05, 0) is 19.1 Å². The number of alkyl halides is 3. The van der Waals surface area contributed by atoms with Gasteiger partial charge in [-0.25, -0.2) is 4.98 Å². The maximum atomic E-state index is 12.8. The summed E-state index contributed by atoms with van der Waals surface area (Å²) in [5.74, 6) is 1.60. The number of piperazine rings is 1. The molecule has 1 saturated heterocycles. The van der Waals surface area contributed by atoms with Gasteiger partial charge in [-0.2, -0.15) is 18.2 Å². The smallest absolute Gasteiger partial charge is 0.354 e. The first-order chi connectivity index (χ1) is 11.9. The van der Waals surface area contributed by atoms with Gasteiger partial charge in [-0.15, -0.1) is 0 Å². The number of nitrogens with zero attached hydrogens (tertiary/aromatic N) is 5. The zero-order chi connectivity index (χ0) is 18.0. The van der Waals surface area contributed by atoms with Crippen LogP contribution in [0.1, 0.15) is 37.3 Å². The van der Waals surface area contributed by atoms with Crippen LogP contribution in [0.3, 0.4) is 0 Å². The molecule has 3 heterocycles. The highest BCUT2D eigenvalue weighted by molar-refractivity contribution is 5.40. The Morgan fingerprint density at radius 1 is 1.16 bits per heavy atom. The Hall–Kier alpha value is -2.16. The molecule has 9 heteroatoms. The summed E-state index contributed by atoms with van der Waals surface area (Å²) in [5, 5.41) is 3.91. The summed E-state index contributed by atoms with van der Waals surface area (Å²) in [6, 6.07) is 3.97. The number of aryl methyl sites for hydroxylation is 1. The molecular formula is C16H20F3N5O. The van der Waals surface area contributed by atoms with Gasteiger partial charge < -0.3 is 9.42 Å². The van der Waals surface area contributed by atoms with E-state index in [1.54, 1.807) is 6.07 Å². The zero-order valence-corrected chi connectivity index (χ0v) is 14.1. The number of pyridine rings is 1. The van der Waals surface area contributed by atoms with E-state index < -0.39 is 11.9 Å². The number of rotatable bonds is 4. The summed E-state index contributed by atoms with van der Waals surface area (Å²) in [6.45, 7) is 6.50. The van der Waals surface area contributed by atoms with Crippen LogP contribution in [0.2, 0.25) is 0 Å². The van der Waals surface area contributed by atoms with E-state index in [-0.39, 0.29) is 6.04 Å². The van der Waals surface area contributed by atoms with Crippen LogP contribution in [0, 0.1) is 0 Å². The molecule has 1 atom stereocenters. The average molecular weight is 355 g/mol. The van der Waals surface area contributed by atoms with Gasteiger partial charge in [0.25, 0.3) is 0 Å². The van der Waals surface area contributed by atoms with Crippen molar-refractivity contribution in [3.05, 3.63) is 35.6 Å². The summed E-state index contributed by atoms with van der Waals surface area (Å²) >= 11 is 0. The normalized spacial score (nSPS) is 17.7. The van der Waals surface area contributed by atoms with Crippen LogP contribution in [0.15, 0.2) is 22.7 Å². The third-order valence-corrected chi connectivity index (χ3v) is 4.37. The lowest BCUT2D eigenvalue weighted by Gasteiger charge is -2.37. The lowest BCUT2D eigenvalue weighted by Crippen LogP contribution is -2.47. The molecule has 25 heavy (non-hydrogen) atoms. The van der Waals surface area contributed by atoms with E-state index in [4.69, 9.17) is 4.52 Å². The number of aromatic nitrogens is 3. The largest absolute Gasteiger partial charge is 0.433 e. The van der Waals surface area contributed by atoms with E-state index >= 15 is 0 Å². The predicted molar refractivity (Wildman–Crippen MR) is 85.1 cm³/mol. The standard InChI is InChI=1S/C16H20F3N5O/c1-3-13-21-15(25-22-13)11(2)23-7-9-24(10-8-23)14-6-4-5-12(20-14)16(17,18)19/h4-6,11H,3,7-10H2,1-2H3. The molecule has 0 aliphatic carbocycles. The molecule has 2 aromatic rings. The van der Waals surface area contributed by atoms with Crippen LogP contribution in [0.5, 0.6) is 0 Å². The molecule has 0 saturated carbocycles. The second-order valence-corrected chi connectivity index (χ2v) is 5.98. The van der Waals surface area contributed by atoms with E-state index in [0.717, 1.165) is 6.07 Å². The number of hydrogen-bond donors (Lipinski definition) is 0.